The number of hydrogen-bond acceptors (Lipinski definition) is 6. The molecule has 0 unspecified atom stereocenters. The van der Waals surface area contributed by atoms with E-state index < -0.39 is 0 Å². The van der Waals surface area contributed by atoms with Crippen molar-refractivity contribution in [2.75, 3.05) is 50.7 Å². The van der Waals surface area contributed by atoms with Gasteiger partial charge in [0.25, 0.3) is 0 Å². The number of unbranched alkanes of at least 4 members (excludes halogenated alkanes) is 1. The zero-order valence-corrected chi connectivity index (χ0v) is 19.5. The molecule has 164 valence electrons. The zero-order chi connectivity index (χ0) is 21.3. The fourth-order valence-electron chi connectivity index (χ4n) is 3.69. The van der Waals surface area contributed by atoms with Crippen molar-refractivity contribution in [3.63, 3.8) is 0 Å². The van der Waals surface area contributed by atoms with Crippen LogP contribution in [-0.2, 0) is 11.2 Å². The average molecular weight is 430 g/mol. The Morgan fingerprint density at radius 3 is 2.50 bits per heavy atom. The van der Waals surface area contributed by atoms with Crippen LogP contribution < -0.4 is 4.90 Å². The van der Waals surface area contributed by atoms with Crippen LogP contribution in [0.15, 0.2) is 24.3 Å². The van der Waals surface area contributed by atoms with Gasteiger partial charge in [0, 0.05) is 63.6 Å². The minimum Gasteiger partial charge on any atom is -0.346 e. The molecule has 6 nitrogen and oxygen atoms in total. The number of carbonyl (C=O) groups is 1. The van der Waals surface area contributed by atoms with Gasteiger partial charge >= 0.3 is 0 Å². The molecule has 1 aliphatic heterocycles. The van der Waals surface area contributed by atoms with Gasteiger partial charge in [0.05, 0.1) is 0 Å². The highest BCUT2D eigenvalue weighted by Gasteiger charge is 2.21. The molecule has 1 saturated heterocycles. The van der Waals surface area contributed by atoms with E-state index in [4.69, 9.17) is 4.98 Å². The van der Waals surface area contributed by atoms with Crippen molar-refractivity contribution in [1.29, 1.82) is 0 Å². The van der Waals surface area contributed by atoms with Crippen LogP contribution in [0.25, 0.3) is 0 Å². The van der Waals surface area contributed by atoms with Gasteiger partial charge in [-0.3, -0.25) is 4.79 Å². The van der Waals surface area contributed by atoms with Crippen molar-refractivity contribution in [2.24, 2.45) is 0 Å². The van der Waals surface area contributed by atoms with Gasteiger partial charge in [-0.25, -0.2) is 4.98 Å². The highest BCUT2D eigenvalue weighted by atomic mass is 32.1. The Kier molecular flexibility index (Phi) is 8.63. The topological polar surface area (TPSA) is 52.6 Å². The minimum atomic E-state index is 0.261. The lowest BCUT2D eigenvalue weighted by molar-refractivity contribution is -0.132. The second kappa shape index (κ2) is 11.4. The van der Waals surface area contributed by atoms with Crippen molar-refractivity contribution in [2.45, 2.75) is 46.5 Å². The highest BCUT2D eigenvalue weighted by molar-refractivity contribution is 7.09. The molecule has 2 heterocycles. The molecule has 0 saturated carbocycles. The van der Waals surface area contributed by atoms with Crippen LogP contribution in [0.4, 0.5) is 5.13 Å². The quantitative estimate of drug-likeness (QED) is 0.578. The summed E-state index contributed by atoms with van der Waals surface area (Å²) in [4.78, 5) is 24.2. The van der Waals surface area contributed by atoms with Crippen molar-refractivity contribution in [3.8, 4) is 0 Å². The molecule has 1 amide bonds. The first-order chi connectivity index (χ1) is 14.6. The molecule has 30 heavy (non-hydrogen) atoms. The lowest BCUT2D eigenvalue weighted by Gasteiger charge is -2.34. The summed E-state index contributed by atoms with van der Waals surface area (Å²) in [5.41, 5.74) is 2.49. The number of benzene rings is 1. The van der Waals surface area contributed by atoms with Crippen molar-refractivity contribution >= 4 is 22.6 Å². The van der Waals surface area contributed by atoms with Gasteiger partial charge in [0.15, 0.2) is 0 Å². The molecule has 1 aromatic carbocycles. The van der Waals surface area contributed by atoms with E-state index in [0.717, 1.165) is 69.5 Å². The van der Waals surface area contributed by atoms with Gasteiger partial charge in [-0.2, -0.15) is 4.37 Å². The third kappa shape index (κ3) is 6.51. The van der Waals surface area contributed by atoms with Crippen molar-refractivity contribution in [3.05, 3.63) is 41.2 Å². The Morgan fingerprint density at radius 2 is 1.83 bits per heavy atom. The van der Waals surface area contributed by atoms with Crippen LogP contribution in [0.3, 0.4) is 0 Å². The molecular formula is C23H35N5OS. The second-order valence-electron chi connectivity index (χ2n) is 8.06. The van der Waals surface area contributed by atoms with E-state index in [-0.39, 0.29) is 5.91 Å². The van der Waals surface area contributed by atoms with Gasteiger partial charge in [-0.15, -0.1) is 0 Å². The molecule has 1 aliphatic rings. The Hall–Kier alpha value is -1.99. The van der Waals surface area contributed by atoms with Gasteiger partial charge < -0.3 is 14.7 Å². The molecule has 3 rings (SSSR count). The molecule has 1 fully saturated rings. The monoisotopic (exact) mass is 429 g/mol. The third-order valence-corrected chi connectivity index (χ3v) is 6.57. The molecule has 0 N–H and O–H groups in total. The predicted molar refractivity (Wildman–Crippen MR) is 124 cm³/mol. The fourth-order valence-corrected chi connectivity index (χ4v) is 4.42. The summed E-state index contributed by atoms with van der Waals surface area (Å²) in [7, 11) is 0. The average Bonchev–Trinajstić information content (AvgIpc) is 3.23. The van der Waals surface area contributed by atoms with Crippen molar-refractivity contribution < 1.29 is 4.79 Å². The van der Waals surface area contributed by atoms with E-state index in [2.05, 4.69) is 59.2 Å². The zero-order valence-electron chi connectivity index (χ0n) is 18.6. The number of amides is 1. The number of likely N-dealkylation sites (N-methyl/N-ethyl adjacent to an activating group) is 1. The van der Waals surface area contributed by atoms with E-state index >= 15 is 0 Å². The maximum atomic E-state index is 12.7. The number of piperazine rings is 1. The Balaban J connectivity index is 1.56. The third-order valence-electron chi connectivity index (χ3n) is 5.76. The first-order valence-electron chi connectivity index (χ1n) is 11.2. The number of carbonyl (C=O) groups excluding carboxylic acids is 1. The van der Waals surface area contributed by atoms with Gasteiger partial charge in [0.1, 0.15) is 5.82 Å². The van der Waals surface area contributed by atoms with Gasteiger partial charge in [-0.05, 0) is 25.5 Å². The largest absolute Gasteiger partial charge is 0.346 e. The Labute approximate surface area is 185 Å². The van der Waals surface area contributed by atoms with E-state index in [1.165, 1.54) is 22.7 Å². The Morgan fingerprint density at radius 1 is 1.10 bits per heavy atom. The number of nitrogens with zero attached hydrogens (tertiary/aromatic N) is 5. The maximum absolute atomic E-state index is 12.7. The van der Waals surface area contributed by atoms with Crippen LogP contribution in [-0.4, -0.2) is 70.9 Å². The first kappa shape index (κ1) is 22.7. The van der Waals surface area contributed by atoms with Gasteiger partial charge in [0.2, 0.25) is 11.0 Å². The summed E-state index contributed by atoms with van der Waals surface area (Å²) in [6.07, 6.45) is 3.51. The SMILES string of the molecule is CCCCN(CCC(=O)N1CCN(CC)CC1)c1nc(Cc2ccc(C)cc2)ns1. The second-order valence-corrected chi connectivity index (χ2v) is 8.79. The highest BCUT2D eigenvalue weighted by Crippen LogP contribution is 2.20. The van der Waals surface area contributed by atoms with E-state index in [1.54, 1.807) is 0 Å². The summed E-state index contributed by atoms with van der Waals surface area (Å²) in [6.45, 7) is 12.8. The van der Waals surface area contributed by atoms with Gasteiger partial charge in [-0.1, -0.05) is 50.1 Å². The summed E-state index contributed by atoms with van der Waals surface area (Å²) < 4.78 is 4.59. The number of hydrogen-bond donors (Lipinski definition) is 0. The van der Waals surface area contributed by atoms with Crippen molar-refractivity contribution in [1.82, 2.24) is 19.2 Å². The van der Waals surface area contributed by atoms with E-state index in [9.17, 15) is 4.79 Å². The first-order valence-corrected chi connectivity index (χ1v) is 12.0. The summed E-state index contributed by atoms with van der Waals surface area (Å²) in [6, 6.07) is 8.54. The maximum Gasteiger partial charge on any atom is 0.224 e. The molecule has 0 radical (unpaired) electrons. The summed E-state index contributed by atoms with van der Waals surface area (Å²) in [5, 5.41) is 0.939. The Bertz CT molecular complexity index is 783. The lowest BCUT2D eigenvalue weighted by atomic mass is 10.1. The van der Waals surface area contributed by atoms with Crippen LogP contribution in [0.1, 0.15) is 50.1 Å². The smallest absolute Gasteiger partial charge is 0.224 e. The minimum absolute atomic E-state index is 0.261. The molecular weight excluding hydrogens is 394 g/mol. The number of anilines is 1. The predicted octanol–water partition coefficient (Wildman–Crippen LogP) is 3.60. The van der Waals surface area contributed by atoms with E-state index in [0.29, 0.717) is 13.0 Å². The van der Waals surface area contributed by atoms with Crippen LogP contribution >= 0.6 is 11.5 Å². The normalized spacial score (nSPS) is 14.8. The molecule has 0 atom stereocenters. The van der Waals surface area contributed by atoms with Crippen LogP contribution in [0.2, 0.25) is 0 Å². The molecule has 7 heteroatoms. The molecule has 0 bridgehead atoms. The number of aryl methyl sites for hydroxylation is 1. The summed E-state index contributed by atoms with van der Waals surface area (Å²) >= 11 is 1.45. The van der Waals surface area contributed by atoms with Crippen LogP contribution in [0.5, 0.6) is 0 Å². The molecule has 1 aromatic heterocycles. The molecule has 2 aromatic rings. The number of aromatic nitrogens is 2. The van der Waals surface area contributed by atoms with Crippen LogP contribution in [0, 0.1) is 6.92 Å². The summed E-state index contributed by atoms with van der Waals surface area (Å²) in [5.74, 6) is 1.12. The lowest BCUT2D eigenvalue weighted by Crippen LogP contribution is -2.49. The number of rotatable bonds is 10. The fraction of sp³-hybridized carbons (Fsp3) is 0.609. The standard InChI is InChI=1S/C23H35N5OS/c1-4-6-12-28(13-11-22(29)27-16-14-26(5-2)15-17-27)23-24-21(25-30-23)18-20-9-7-19(3)8-10-20/h7-10H,4-6,11-18H2,1-3H3. The molecule has 0 aliphatic carbocycles. The van der Waals surface area contributed by atoms with E-state index in [1.807, 2.05) is 4.90 Å². The molecule has 0 spiro atoms.